The zero-order chi connectivity index (χ0) is 52.2. The predicted molar refractivity (Wildman–Crippen MR) is 305 cm³/mol. The monoisotopic (exact) mass is 1020 g/mol. The van der Waals surface area contributed by atoms with E-state index in [9.17, 15) is 19.0 Å². The van der Waals surface area contributed by atoms with Crippen LogP contribution in [-0.2, 0) is 27.9 Å². The number of esters is 1. The SMILES string of the molecule is CCCCCCCC/C=C\CCCCCC(=O)NC(COP(=O)(O)OCC[N+](C)(C)C)C(/C=C\CCCCCCCCCCCCC)OC(=O)CCCCCCCCCCC/C=C/CCCCCCCC. The van der Waals surface area contributed by atoms with Crippen LogP contribution in [0.1, 0.15) is 290 Å². The van der Waals surface area contributed by atoms with Crippen LogP contribution in [-0.4, -0.2) is 74.3 Å². The minimum atomic E-state index is -4.45. The van der Waals surface area contributed by atoms with E-state index in [1.165, 1.54) is 186 Å². The van der Waals surface area contributed by atoms with E-state index in [0.717, 1.165) is 70.6 Å². The van der Waals surface area contributed by atoms with E-state index in [1.807, 2.05) is 33.3 Å². The Balaban J connectivity index is 5.29. The smallest absolute Gasteiger partial charge is 0.456 e. The summed E-state index contributed by atoms with van der Waals surface area (Å²) in [6, 6.07) is -0.853. The van der Waals surface area contributed by atoms with Crippen LogP contribution < -0.4 is 5.32 Å². The molecule has 0 aromatic rings. The van der Waals surface area contributed by atoms with Crippen molar-refractivity contribution in [2.45, 2.75) is 303 Å². The first-order chi connectivity index (χ1) is 34.4. The first-order valence-electron chi connectivity index (χ1n) is 30.3. The predicted octanol–water partition coefficient (Wildman–Crippen LogP) is 18.3. The molecule has 0 spiro atoms. The number of ether oxygens (including phenoxy) is 1. The zero-order valence-corrected chi connectivity index (χ0v) is 48.6. The van der Waals surface area contributed by atoms with Crippen LogP contribution in [0.15, 0.2) is 36.5 Å². The lowest BCUT2D eigenvalue weighted by molar-refractivity contribution is -0.870. The quantitative estimate of drug-likeness (QED) is 0.0205. The van der Waals surface area contributed by atoms with E-state index in [1.54, 1.807) is 0 Å². The molecule has 3 unspecified atom stereocenters. The fraction of sp³-hybridized carbons (Fsp3) is 0.869. The molecule has 0 aromatic heterocycles. The minimum absolute atomic E-state index is 0.0388. The highest BCUT2D eigenvalue weighted by atomic mass is 31.2. The van der Waals surface area contributed by atoms with E-state index >= 15 is 0 Å². The number of unbranched alkanes of at least 4 members (excludes halogenated alkanes) is 35. The zero-order valence-electron chi connectivity index (χ0n) is 47.7. The number of carbonyl (C=O) groups excluding carboxylic acids is 2. The van der Waals surface area contributed by atoms with Gasteiger partial charge < -0.3 is 19.4 Å². The second kappa shape index (κ2) is 51.7. The lowest BCUT2D eigenvalue weighted by atomic mass is 10.0. The number of phosphoric ester groups is 1. The Morgan fingerprint density at radius 2 is 0.817 bits per heavy atom. The molecule has 0 bridgehead atoms. The summed E-state index contributed by atoms with van der Waals surface area (Å²) < 4.78 is 30.6. The largest absolute Gasteiger partial charge is 0.472 e. The van der Waals surface area contributed by atoms with Crippen molar-refractivity contribution in [1.29, 1.82) is 0 Å². The van der Waals surface area contributed by atoms with Gasteiger partial charge in [-0.15, -0.1) is 0 Å². The molecule has 0 saturated carbocycles. The van der Waals surface area contributed by atoms with Crippen LogP contribution in [0.25, 0.3) is 0 Å². The van der Waals surface area contributed by atoms with Crippen LogP contribution >= 0.6 is 7.82 Å². The molecule has 0 heterocycles. The van der Waals surface area contributed by atoms with Gasteiger partial charge in [-0.2, -0.15) is 0 Å². The second-order valence-electron chi connectivity index (χ2n) is 21.9. The highest BCUT2D eigenvalue weighted by Crippen LogP contribution is 2.43. The number of allylic oxidation sites excluding steroid dienone is 5. The fourth-order valence-corrected chi connectivity index (χ4v) is 9.55. The maximum Gasteiger partial charge on any atom is 0.472 e. The Morgan fingerprint density at radius 1 is 0.479 bits per heavy atom. The standard InChI is InChI=1S/C61H117N2O7P/c1-7-10-13-16-19-22-25-28-29-30-31-32-33-36-39-42-45-48-51-54-61(65)70-59(52-49-46-43-40-37-34-26-23-20-17-14-11-8-2)58(57-69-71(66,67)68-56-55-63(4,5)6)62-60(64)53-50-47-44-41-38-35-27-24-21-18-15-12-9-3/h28-29,35,38,49,52,58-59H,7-27,30-34,36-37,39-48,50-51,53-57H2,1-6H3,(H-,62,64,66,67)/p+1/b29-28+,38-35-,52-49-. The van der Waals surface area contributed by atoms with Crippen molar-refractivity contribution in [2.24, 2.45) is 0 Å². The normalized spacial score (nSPS) is 14.0. The fourth-order valence-electron chi connectivity index (χ4n) is 8.81. The Labute approximate surface area is 440 Å². The van der Waals surface area contributed by atoms with E-state index in [2.05, 4.69) is 50.4 Å². The van der Waals surface area contributed by atoms with Gasteiger partial charge in [0.2, 0.25) is 5.91 Å². The minimum Gasteiger partial charge on any atom is -0.456 e. The van der Waals surface area contributed by atoms with Crippen LogP contribution in [0.5, 0.6) is 0 Å². The van der Waals surface area contributed by atoms with Crippen molar-refractivity contribution in [1.82, 2.24) is 5.32 Å². The van der Waals surface area contributed by atoms with Crippen molar-refractivity contribution in [3.63, 3.8) is 0 Å². The summed E-state index contributed by atoms with van der Waals surface area (Å²) >= 11 is 0. The molecular formula is C61H118N2O7P+. The van der Waals surface area contributed by atoms with Crippen LogP contribution in [0.3, 0.4) is 0 Å². The molecule has 2 N–H and O–H groups in total. The van der Waals surface area contributed by atoms with E-state index in [0.29, 0.717) is 17.4 Å². The second-order valence-corrected chi connectivity index (χ2v) is 23.3. The first kappa shape index (κ1) is 69.2. The van der Waals surface area contributed by atoms with Gasteiger partial charge in [-0.05, 0) is 83.1 Å². The van der Waals surface area contributed by atoms with E-state index < -0.39 is 20.0 Å². The summed E-state index contributed by atoms with van der Waals surface area (Å²) in [6.07, 6.45) is 61.4. The summed E-state index contributed by atoms with van der Waals surface area (Å²) in [7, 11) is 1.49. The van der Waals surface area contributed by atoms with Crippen molar-refractivity contribution < 1.29 is 37.3 Å². The van der Waals surface area contributed by atoms with Crippen molar-refractivity contribution in [3.8, 4) is 0 Å². The Morgan fingerprint density at radius 3 is 1.21 bits per heavy atom. The third-order valence-electron chi connectivity index (χ3n) is 13.6. The molecule has 0 aliphatic carbocycles. The van der Waals surface area contributed by atoms with E-state index in [-0.39, 0.29) is 31.5 Å². The highest BCUT2D eigenvalue weighted by Gasteiger charge is 2.30. The summed E-state index contributed by atoms with van der Waals surface area (Å²) in [5, 5.41) is 3.04. The topological polar surface area (TPSA) is 111 Å². The van der Waals surface area contributed by atoms with Gasteiger partial charge in [0.1, 0.15) is 19.3 Å². The van der Waals surface area contributed by atoms with Gasteiger partial charge in [0.25, 0.3) is 0 Å². The molecule has 0 fully saturated rings. The molecule has 9 nitrogen and oxygen atoms in total. The number of amides is 1. The summed E-state index contributed by atoms with van der Waals surface area (Å²) in [4.78, 5) is 37.6. The molecule has 0 aliphatic heterocycles. The van der Waals surface area contributed by atoms with Gasteiger partial charge in [-0.1, -0.05) is 231 Å². The molecule has 1 amide bonds. The lowest BCUT2D eigenvalue weighted by Gasteiger charge is -2.27. The number of likely N-dealkylation sites (N-methyl/N-ethyl adjacent to an activating group) is 1. The molecule has 0 rings (SSSR count). The Hall–Kier alpha value is -1.77. The maximum absolute atomic E-state index is 13.5. The average Bonchev–Trinajstić information content (AvgIpc) is 3.33. The third kappa shape index (κ3) is 52.9. The van der Waals surface area contributed by atoms with Crippen LogP contribution in [0, 0.1) is 0 Å². The number of hydrogen-bond acceptors (Lipinski definition) is 6. The highest BCUT2D eigenvalue weighted by molar-refractivity contribution is 7.47. The molecule has 0 aliphatic rings. The van der Waals surface area contributed by atoms with Gasteiger partial charge >= 0.3 is 13.8 Å². The Kier molecular flexibility index (Phi) is 50.4. The molecule has 0 aromatic carbocycles. The third-order valence-corrected chi connectivity index (χ3v) is 14.5. The van der Waals surface area contributed by atoms with Crippen molar-refractivity contribution in [2.75, 3.05) is 40.9 Å². The number of quaternary nitrogens is 1. The van der Waals surface area contributed by atoms with Gasteiger partial charge in [0.15, 0.2) is 0 Å². The molecule has 71 heavy (non-hydrogen) atoms. The number of nitrogens with zero attached hydrogens (tertiary/aromatic N) is 1. The number of rotatable bonds is 55. The van der Waals surface area contributed by atoms with Crippen LogP contribution in [0.4, 0.5) is 0 Å². The molecule has 418 valence electrons. The van der Waals surface area contributed by atoms with Gasteiger partial charge in [-0.25, -0.2) is 4.57 Å². The molecule has 10 heteroatoms. The Bertz CT molecular complexity index is 1310. The number of hydrogen-bond donors (Lipinski definition) is 2. The number of carbonyl (C=O) groups is 2. The number of nitrogens with one attached hydrogen (secondary N) is 1. The van der Waals surface area contributed by atoms with Crippen LogP contribution in [0.2, 0.25) is 0 Å². The molecule has 0 saturated heterocycles. The summed E-state index contributed by atoms with van der Waals surface area (Å²) in [5.41, 5.74) is 0. The van der Waals surface area contributed by atoms with E-state index in [4.69, 9.17) is 13.8 Å². The van der Waals surface area contributed by atoms with Crippen molar-refractivity contribution >= 4 is 19.7 Å². The number of phosphoric acid groups is 1. The molecule has 3 atom stereocenters. The van der Waals surface area contributed by atoms with Gasteiger partial charge in [0.05, 0.1) is 33.8 Å². The van der Waals surface area contributed by atoms with Gasteiger partial charge in [0, 0.05) is 12.8 Å². The maximum atomic E-state index is 13.5. The summed E-state index contributed by atoms with van der Waals surface area (Å²) in [6.45, 7) is 7.01. The molecule has 0 radical (unpaired) electrons. The van der Waals surface area contributed by atoms with Crippen molar-refractivity contribution in [3.05, 3.63) is 36.5 Å². The average molecular weight is 1020 g/mol. The summed E-state index contributed by atoms with van der Waals surface area (Å²) in [5.74, 6) is -0.517. The lowest BCUT2D eigenvalue weighted by Crippen LogP contribution is -2.47. The van der Waals surface area contributed by atoms with Gasteiger partial charge in [-0.3, -0.25) is 18.6 Å². The first-order valence-corrected chi connectivity index (χ1v) is 31.8. The molecular weight excluding hydrogens is 904 g/mol.